The van der Waals surface area contributed by atoms with Gasteiger partial charge in [-0.25, -0.2) is 13.6 Å². The van der Waals surface area contributed by atoms with E-state index < -0.39 is 41.8 Å². The van der Waals surface area contributed by atoms with Crippen LogP contribution >= 0.6 is 0 Å². The molecule has 0 aromatic heterocycles. The van der Waals surface area contributed by atoms with Gasteiger partial charge in [-0.1, -0.05) is 109 Å². The Morgan fingerprint density at radius 1 is 0.600 bits per heavy atom. The number of primary amides is 1. The summed E-state index contributed by atoms with van der Waals surface area (Å²) >= 11 is 0. The highest BCUT2D eigenvalue weighted by atomic mass is 19.1. The van der Waals surface area contributed by atoms with E-state index in [0.29, 0.717) is 70.7 Å². The molecule has 6 N–H and O–H groups in total. The molecule has 16 nitrogen and oxygen atoms in total. The first-order valence-electron chi connectivity index (χ1n) is 27.1. The zero-order valence-corrected chi connectivity index (χ0v) is 46.6. The lowest BCUT2D eigenvalue weighted by molar-refractivity contribution is -0.142. The number of carbonyl (C=O) groups is 5. The molecule has 6 aromatic carbocycles. The number of nitrogens with two attached hydrogens (primary N) is 2. The van der Waals surface area contributed by atoms with Crippen molar-refractivity contribution in [1.82, 2.24) is 30.2 Å². The lowest BCUT2D eigenvalue weighted by atomic mass is 9.98. The SMILES string of the molecule is CNC(=O)[C@H](Cc1ccc2ccccc2c1)N1CCN(C(=O)[C@@H](Cc2ccc(F)cc2)NC(=O)OC(C)(C)C)[C@@H](COC)C1.COC[C@H]1CN([C@@H](Cc2ccc3ccccc3c2)C(N)=O)CCN1C(=O)[C@H](N)Cc1ccc(F)cc1.[HH]. The molecule has 428 valence electrons. The number of alkyl carbamates (subject to hydrolysis) is 1. The van der Waals surface area contributed by atoms with Crippen molar-refractivity contribution < 1.29 is 48.4 Å². The van der Waals surface area contributed by atoms with Gasteiger partial charge in [-0.2, -0.15) is 0 Å². The van der Waals surface area contributed by atoms with Crippen molar-refractivity contribution in [3.63, 3.8) is 0 Å². The van der Waals surface area contributed by atoms with Crippen LogP contribution in [0.25, 0.3) is 21.5 Å². The van der Waals surface area contributed by atoms with Crippen LogP contribution in [0.5, 0.6) is 0 Å². The third-order valence-electron chi connectivity index (χ3n) is 14.6. The number of halogens is 2. The number of fused-ring (bicyclic) bond motifs is 2. The van der Waals surface area contributed by atoms with Crippen molar-refractivity contribution in [3.8, 4) is 0 Å². The molecule has 2 aliphatic heterocycles. The highest BCUT2D eigenvalue weighted by molar-refractivity contribution is 5.88. The Kier molecular flexibility index (Phi) is 21.2. The van der Waals surface area contributed by atoms with E-state index in [0.717, 1.165) is 38.2 Å². The average Bonchev–Trinajstić information content (AvgIpc) is 3.49. The average molecular weight is 1100 g/mol. The van der Waals surface area contributed by atoms with Crippen LogP contribution in [-0.2, 0) is 59.1 Å². The highest BCUT2D eigenvalue weighted by Crippen LogP contribution is 2.24. The van der Waals surface area contributed by atoms with Crippen LogP contribution in [0.2, 0.25) is 0 Å². The lowest BCUT2D eigenvalue weighted by Crippen LogP contribution is -2.64. The van der Waals surface area contributed by atoms with E-state index >= 15 is 0 Å². The zero-order chi connectivity index (χ0) is 57.5. The molecule has 2 saturated heterocycles. The van der Waals surface area contributed by atoms with Gasteiger partial charge in [0.25, 0.3) is 0 Å². The fraction of sp³-hybridized carbons (Fsp3) is 0.403. The van der Waals surface area contributed by atoms with Crippen LogP contribution < -0.4 is 22.1 Å². The number of likely N-dealkylation sites (N-methyl/N-ethyl adjacent to an activating group) is 1. The van der Waals surface area contributed by atoms with Gasteiger partial charge < -0.3 is 46.1 Å². The summed E-state index contributed by atoms with van der Waals surface area (Å²) in [5, 5.41) is 10.0. The number of amides is 5. The molecular weight excluding hydrogens is 1020 g/mol. The van der Waals surface area contributed by atoms with E-state index in [1.165, 1.54) is 24.3 Å². The number of ether oxygens (including phenoxy) is 3. The van der Waals surface area contributed by atoms with E-state index in [1.54, 1.807) is 76.1 Å². The Morgan fingerprint density at radius 2 is 1.04 bits per heavy atom. The van der Waals surface area contributed by atoms with Gasteiger partial charge in [0.1, 0.15) is 23.3 Å². The summed E-state index contributed by atoms with van der Waals surface area (Å²) in [4.78, 5) is 73.3. The summed E-state index contributed by atoms with van der Waals surface area (Å²) in [6.07, 6.45) is 0.741. The first-order chi connectivity index (χ1) is 38.3. The largest absolute Gasteiger partial charge is 0.444 e. The predicted molar refractivity (Wildman–Crippen MR) is 307 cm³/mol. The molecule has 0 spiro atoms. The van der Waals surface area contributed by atoms with Gasteiger partial charge in [0.2, 0.25) is 23.6 Å². The number of nitrogens with zero attached hydrogens (tertiary/aromatic N) is 4. The number of carbonyl (C=O) groups excluding carboxylic acids is 5. The Hall–Kier alpha value is -7.35. The monoisotopic (exact) mass is 1100 g/mol. The third-order valence-corrected chi connectivity index (χ3v) is 14.6. The van der Waals surface area contributed by atoms with Gasteiger partial charge in [0.15, 0.2) is 0 Å². The van der Waals surface area contributed by atoms with Crippen molar-refractivity contribution in [3.05, 3.63) is 167 Å². The van der Waals surface area contributed by atoms with E-state index in [2.05, 4.69) is 58.0 Å². The molecule has 80 heavy (non-hydrogen) atoms. The summed E-state index contributed by atoms with van der Waals surface area (Å²) in [6, 6.07) is 37.1. The maximum atomic E-state index is 14.1. The molecule has 0 bridgehead atoms. The van der Waals surface area contributed by atoms with Gasteiger partial charge in [-0.3, -0.25) is 29.0 Å². The summed E-state index contributed by atoms with van der Waals surface area (Å²) < 4.78 is 43.2. The second-order valence-corrected chi connectivity index (χ2v) is 21.6. The third kappa shape index (κ3) is 16.6. The van der Waals surface area contributed by atoms with E-state index in [9.17, 15) is 32.8 Å². The van der Waals surface area contributed by atoms with Crippen LogP contribution in [0, 0.1) is 11.6 Å². The number of methoxy groups -OCH3 is 2. The number of piperazine rings is 2. The Morgan fingerprint density at radius 3 is 1.50 bits per heavy atom. The molecule has 0 radical (unpaired) electrons. The molecule has 2 fully saturated rings. The maximum absolute atomic E-state index is 14.1. The minimum Gasteiger partial charge on any atom is -0.444 e. The lowest BCUT2D eigenvalue weighted by Gasteiger charge is -2.44. The molecule has 0 aliphatic carbocycles. The van der Waals surface area contributed by atoms with Crippen molar-refractivity contribution in [2.45, 2.75) is 88.3 Å². The fourth-order valence-electron chi connectivity index (χ4n) is 10.6. The molecule has 0 unspecified atom stereocenters. The Labute approximate surface area is 469 Å². The molecule has 6 atom stereocenters. The van der Waals surface area contributed by atoms with Crippen LogP contribution in [0.1, 0.15) is 44.5 Å². The van der Waals surface area contributed by atoms with Gasteiger partial charge in [0.05, 0.1) is 43.4 Å². The van der Waals surface area contributed by atoms with Crippen LogP contribution in [-0.4, -0.2) is 165 Å². The number of hydrogen-bond donors (Lipinski definition) is 4. The number of benzene rings is 6. The first kappa shape index (κ1) is 60.3. The smallest absolute Gasteiger partial charge is 0.408 e. The maximum Gasteiger partial charge on any atom is 0.408 e. The number of nitrogens with one attached hydrogen (secondary N) is 2. The van der Waals surface area contributed by atoms with Crippen molar-refractivity contribution in [2.75, 3.05) is 73.7 Å². The summed E-state index contributed by atoms with van der Waals surface area (Å²) in [5.74, 6) is -1.70. The molecule has 18 heteroatoms. The van der Waals surface area contributed by atoms with Crippen molar-refractivity contribution in [2.24, 2.45) is 11.5 Å². The Bertz CT molecular complexity index is 3060. The topological polar surface area (TPSA) is 202 Å². The number of rotatable bonds is 19. The molecule has 6 aromatic rings. The van der Waals surface area contributed by atoms with Crippen molar-refractivity contribution >= 4 is 51.3 Å². The first-order valence-corrected chi connectivity index (χ1v) is 27.1. The van der Waals surface area contributed by atoms with E-state index in [-0.39, 0.29) is 55.9 Å². The quantitative estimate of drug-likeness (QED) is 0.0711. The summed E-state index contributed by atoms with van der Waals surface area (Å²) in [5.41, 5.74) is 14.9. The molecule has 0 saturated carbocycles. The molecule has 2 heterocycles. The normalized spacial score (nSPS) is 17.6. The van der Waals surface area contributed by atoms with Crippen LogP contribution in [0.4, 0.5) is 13.6 Å². The van der Waals surface area contributed by atoms with Gasteiger partial charge in [-0.05, 0) is 108 Å². The van der Waals surface area contributed by atoms with E-state index in [1.807, 2.05) is 47.4 Å². The summed E-state index contributed by atoms with van der Waals surface area (Å²) in [7, 11) is 4.78. The molecule has 5 amide bonds. The minimum atomic E-state index is -0.950. The van der Waals surface area contributed by atoms with Crippen molar-refractivity contribution in [1.29, 1.82) is 0 Å². The second-order valence-electron chi connectivity index (χ2n) is 21.6. The number of hydrogen-bond acceptors (Lipinski definition) is 11. The fourth-order valence-corrected chi connectivity index (χ4v) is 10.6. The predicted octanol–water partition coefficient (Wildman–Crippen LogP) is 6.28. The standard InChI is InChI=1S/C34H43FN4O5.C28H33FN4O3.H2/c1-34(2,3)44-33(42)37-29(19-23-11-14-27(35)15-12-23)32(41)39-17-16-38(21-28(39)22-43-5)30(31(40)36-4)20-24-10-13-25-8-6-7-9-26(25)18-24;1-36-18-24-17-32(12-13-33(24)28(35)25(30)15-19-7-10-23(29)11-8-19)26(27(31)34)16-20-6-9-21-4-2-3-5-22(21)14-20;/h6-15,18,28-30H,16-17,19-22H2,1-5H3,(H,36,40)(H,37,42);2-11,14,24-26H,12-13,15-18,30H2,1H3,(H2,31,34);1H/t28-,29-,30+;24-,25-,26+;/m11./s1. The summed E-state index contributed by atoms with van der Waals surface area (Å²) in [6.45, 7) is 8.34. The Balaban J connectivity index is 0.000000263. The van der Waals surface area contributed by atoms with Crippen LogP contribution in [0.3, 0.4) is 0 Å². The van der Waals surface area contributed by atoms with Gasteiger partial charge >= 0.3 is 6.09 Å². The van der Waals surface area contributed by atoms with E-state index in [4.69, 9.17) is 25.7 Å². The molecule has 8 rings (SSSR count). The molecular formula is C62H78F2N8O8. The second kappa shape index (κ2) is 28.2. The van der Waals surface area contributed by atoms with Gasteiger partial charge in [-0.15, -0.1) is 0 Å². The van der Waals surface area contributed by atoms with Crippen LogP contribution in [0.15, 0.2) is 133 Å². The zero-order valence-electron chi connectivity index (χ0n) is 46.6. The molecule has 2 aliphatic rings. The minimum absolute atomic E-state index is 0. The highest BCUT2D eigenvalue weighted by Gasteiger charge is 2.40. The van der Waals surface area contributed by atoms with Gasteiger partial charge in [0, 0.05) is 68.4 Å².